The zero-order valence-corrected chi connectivity index (χ0v) is 10.7. The molecule has 0 bridgehead atoms. The molecular formula is C14H8ClF3O2. The molecule has 2 nitrogen and oxygen atoms in total. The first-order chi connectivity index (χ1) is 9.32. The molecule has 0 aromatic heterocycles. The third kappa shape index (κ3) is 2.77. The highest BCUT2D eigenvalue weighted by molar-refractivity contribution is 6.31. The van der Waals surface area contributed by atoms with Crippen molar-refractivity contribution in [2.24, 2.45) is 0 Å². The molecule has 0 unspecified atom stereocenters. The molecule has 2 aromatic rings. The van der Waals surface area contributed by atoms with Gasteiger partial charge in [0.2, 0.25) is 0 Å². The second-order valence-corrected chi connectivity index (χ2v) is 4.49. The lowest BCUT2D eigenvalue weighted by molar-refractivity contribution is -0.137. The highest BCUT2D eigenvalue weighted by Crippen LogP contribution is 2.37. The molecular weight excluding hydrogens is 293 g/mol. The minimum absolute atomic E-state index is 0.00556. The summed E-state index contributed by atoms with van der Waals surface area (Å²) in [5.74, 6) is -0.228. The lowest BCUT2D eigenvalue weighted by atomic mass is 10.0. The molecule has 0 spiro atoms. The van der Waals surface area contributed by atoms with Gasteiger partial charge in [-0.2, -0.15) is 13.2 Å². The third-order valence-corrected chi connectivity index (χ3v) is 3.09. The summed E-state index contributed by atoms with van der Waals surface area (Å²) in [5, 5.41) is 8.98. The van der Waals surface area contributed by atoms with Crippen molar-refractivity contribution in [2.75, 3.05) is 0 Å². The van der Waals surface area contributed by atoms with E-state index in [1.165, 1.54) is 24.3 Å². The molecule has 0 fully saturated rings. The highest BCUT2D eigenvalue weighted by Gasteiger charge is 2.33. The second-order valence-electron chi connectivity index (χ2n) is 4.08. The van der Waals surface area contributed by atoms with Gasteiger partial charge in [0.1, 0.15) is 5.75 Å². The largest absolute Gasteiger partial charge is 0.507 e. The normalized spacial score (nSPS) is 11.4. The molecule has 1 N–H and O–H groups in total. The van der Waals surface area contributed by atoms with Crippen LogP contribution in [0.1, 0.15) is 15.9 Å². The Kier molecular flexibility index (Phi) is 3.72. The summed E-state index contributed by atoms with van der Waals surface area (Å²) in [4.78, 5) is 10.7. The first kappa shape index (κ1) is 14.4. The number of benzene rings is 2. The van der Waals surface area contributed by atoms with Crippen LogP contribution in [0.2, 0.25) is 5.02 Å². The fourth-order valence-corrected chi connectivity index (χ4v) is 1.98. The van der Waals surface area contributed by atoms with Gasteiger partial charge in [0.05, 0.1) is 16.1 Å². The Labute approximate surface area is 117 Å². The Bertz CT molecular complexity index is 666. The quantitative estimate of drug-likeness (QED) is 0.827. The second kappa shape index (κ2) is 5.17. The minimum Gasteiger partial charge on any atom is -0.507 e. The van der Waals surface area contributed by atoms with Crippen molar-refractivity contribution in [3.8, 4) is 16.9 Å². The fourth-order valence-electron chi connectivity index (χ4n) is 1.75. The van der Waals surface area contributed by atoms with E-state index in [0.29, 0.717) is 11.8 Å². The predicted molar refractivity (Wildman–Crippen MR) is 68.9 cm³/mol. The highest BCUT2D eigenvalue weighted by atomic mass is 35.5. The number of aromatic hydroxyl groups is 1. The molecule has 0 saturated heterocycles. The van der Waals surface area contributed by atoms with Gasteiger partial charge in [0, 0.05) is 0 Å². The minimum atomic E-state index is -4.56. The van der Waals surface area contributed by atoms with Crippen LogP contribution >= 0.6 is 11.6 Å². The van der Waals surface area contributed by atoms with Crippen molar-refractivity contribution in [1.82, 2.24) is 0 Å². The number of hydrogen-bond acceptors (Lipinski definition) is 2. The van der Waals surface area contributed by atoms with Crippen LogP contribution in [0.3, 0.4) is 0 Å². The number of halogens is 4. The summed E-state index contributed by atoms with van der Waals surface area (Å²) in [7, 11) is 0. The average Bonchev–Trinajstić information content (AvgIpc) is 2.38. The summed E-state index contributed by atoms with van der Waals surface area (Å²) < 4.78 is 38.3. The molecule has 20 heavy (non-hydrogen) atoms. The number of carbonyl (C=O) groups excluding carboxylic acids is 1. The summed E-state index contributed by atoms with van der Waals surface area (Å²) in [6.45, 7) is 0. The Morgan fingerprint density at radius 3 is 2.25 bits per heavy atom. The standard InChI is InChI=1S/C14H8ClF3O2/c15-12-3-1-9(6-11(12)14(16,17)18)8-2-4-13(20)10(5-8)7-19/h1-7,20H. The van der Waals surface area contributed by atoms with Gasteiger partial charge in [-0.05, 0) is 35.4 Å². The van der Waals surface area contributed by atoms with Crippen molar-refractivity contribution in [3.63, 3.8) is 0 Å². The maximum atomic E-state index is 12.8. The van der Waals surface area contributed by atoms with Crippen molar-refractivity contribution >= 4 is 17.9 Å². The van der Waals surface area contributed by atoms with Crippen LogP contribution < -0.4 is 0 Å². The number of rotatable bonds is 2. The van der Waals surface area contributed by atoms with Gasteiger partial charge in [0.15, 0.2) is 6.29 Å². The van der Waals surface area contributed by atoms with E-state index in [2.05, 4.69) is 0 Å². The Hall–Kier alpha value is -2.01. The summed E-state index contributed by atoms with van der Waals surface area (Å²) in [6, 6.07) is 7.45. The monoisotopic (exact) mass is 300 g/mol. The van der Waals surface area contributed by atoms with E-state index >= 15 is 0 Å². The zero-order valence-electron chi connectivity index (χ0n) is 9.91. The van der Waals surface area contributed by atoms with Gasteiger partial charge >= 0.3 is 6.18 Å². The van der Waals surface area contributed by atoms with Crippen molar-refractivity contribution in [1.29, 1.82) is 0 Å². The molecule has 0 atom stereocenters. The summed E-state index contributed by atoms with van der Waals surface area (Å²) in [6.07, 6.45) is -4.13. The number of carbonyl (C=O) groups is 1. The molecule has 0 aliphatic heterocycles. The van der Waals surface area contributed by atoms with Crippen molar-refractivity contribution in [3.05, 3.63) is 52.5 Å². The lowest BCUT2D eigenvalue weighted by Gasteiger charge is -2.11. The van der Waals surface area contributed by atoms with Gasteiger partial charge < -0.3 is 5.11 Å². The van der Waals surface area contributed by atoms with Crippen molar-refractivity contribution in [2.45, 2.75) is 6.18 Å². The van der Waals surface area contributed by atoms with E-state index in [-0.39, 0.29) is 16.9 Å². The number of alkyl halides is 3. The number of hydrogen-bond donors (Lipinski definition) is 1. The maximum Gasteiger partial charge on any atom is 0.417 e. The summed E-state index contributed by atoms with van der Waals surface area (Å²) in [5.41, 5.74) is -0.305. The molecule has 6 heteroatoms. The van der Waals surface area contributed by atoms with Crippen LogP contribution in [0.5, 0.6) is 5.75 Å². The smallest absolute Gasteiger partial charge is 0.417 e. The molecule has 0 radical (unpaired) electrons. The van der Waals surface area contributed by atoms with Gasteiger partial charge in [-0.25, -0.2) is 0 Å². The van der Waals surface area contributed by atoms with Crippen molar-refractivity contribution < 1.29 is 23.1 Å². The van der Waals surface area contributed by atoms with Gasteiger partial charge in [-0.3, -0.25) is 4.79 Å². The van der Waals surface area contributed by atoms with E-state index < -0.39 is 16.8 Å². The number of aldehydes is 1. The van der Waals surface area contributed by atoms with Crippen LogP contribution in [0.15, 0.2) is 36.4 Å². The van der Waals surface area contributed by atoms with Crippen LogP contribution in [-0.2, 0) is 6.18 Å². The molecule has 0 aliphatic rings. The van der Waals surface area contributed by atoms with Gasteiger partial charge in [-0.1, -0.05) is 23.7 Å². The molecule has 0 aliphatic carbocycles. The van der Waals surface area contributed by atoms with E-state index in [9.17, 15) is 23.1 Å². The zero-order chi connectivity index (χ0) is 14.9. The van der Waals surface area contributed by atoms with E-state index in [1.54, 1.807) is 0 Å². The van der Waals surface area contributed by atoms with Crippen LogP contribution in [-0.4, -0.2) is 11.4 Å². The number of phenols is 1. The fraction of sp³-hybridized carbons (Fsp3) is 0.0714. The Morgan fingerprint density at radius 2 is 1.65 bits per heavy atom. The predicted octanol–water partition coefficient (Wildman–Crippen LogP) is 4.54. The van der Waals surface area contributed by atoms with E-state index in [4.69, 9.17) is 11.6 Å². The lowest BCUT2D eigenvalue weighted by Crippen LogP contribution is -2.05. The third-order valence-electron chi connectivity index (χ3n) is 2.76. The summed E-state index contributed by atoms with van der Waals surface area (Å²) >= 11 is 5.54. The molecule has 2 rings (SSSR count). The molecule has 0 saturated carbocycles. The van der Waals surface area contributed by atoms with Crippen LogP contribution in [0.4, 0.5) is 13.2 Å². The first-order valence-corrected chi connectivity index (χ1v) is 5.86. The van der Waals surface area contributed by atoms with Gasteiger partial charge in [-0.15, -0.1) is 0 Å². The molecule has 0 amide bonds. The first-order valence-electron chi connectivity index (χ1n) is 5.48. The Balaban J connectivity index is 2.56. The van der Waals surface area contributed by atoms with Gasteiger partial charge in [0.25, 0.3) is 0 Å². The average molecular weight is 301 g/mol. The number of phenolic OH excluding ortho intramolecular Hbond substituents is 1. The van der Waals surface area contributed by atoms with Crippen LogP contribution in [0.25, 0.3) is 11.1 Å². The molecule has 104 valence electrons. The van der Waals surface area contributed by atoms with Crippen LogP contribution in [0, 0.1) is 0 Å². The topological polar surface area (TPSA) is 37.3 Å². The maximum absolute atomic E-state index is 12.8. The van der Waals surface area contributed by atoms with E-state index in [1.807, 2.05) is 0 Å². The molecule has 2 aromatic carbocycles. The molecule has 0 heterocycles. The SMILES string of the molecule is O=Cc1cc(-c2ccc(Cl)c(C(F)(F)F)c2)ccc1O. The Morgan fingerprint density at radius 1 is 1.05 bits per heavy atom. The van der Waals surface area contributed by atoms with E-state index in [0.717, 1.165) is 12.1 Å².